The van der Waals surface area contributed by atoms with Crippen LogP contribution in [0.15, 0.2) is 74.7 Å². The summed E-state index contributed by atoms with van der Waals surface area (Å²) < 4.78 is 7.56. The standard InChI is InChI=1S/C21H17Br2N3O3/c1-14-3-2-4-15(9-14)13-29-21-19(22)10-16(11-20(21)23)12-24-25-17-5-7-18(8-6-17)26(27)28/h2-12,25H,13H2,1H3/b24-12+. The predicted molar refractivity (Wildman–Crippen MR) is 122 cm³/mol. The Kier molecular flexibility index (Phi) is 7.00. The van der Waals surface area contributed by atoms with Gasteiger partial charge in [-0.1, -0.05) is 29.8 Å². The molecule has 0 heterocycles. The van der Waals surface area contributed by atoms with E-state index in [1.54, 1.807) is 18.3 Å². The first-order chi connectivity index (χ1) is 13.9. The number of anilines is 1. The lowest BCUT2D eigenvalue weighted by Gasteiger charge is -2.11. The van der Waals surface area contributed by atoms with Gasteiger partial charge in [0, 0.05) is 12.1 Å². The molecule has 3 aromatic carbocycles. The second-order valence-electron chi connectivity index (χ2n) is 6.27. The van der Waals surface area contributed by atoms with Crippen molar-refractivity contribution in [3.8, 4) is 5.75 Å². The number of aryl methyl sites for hydroxylation is 1. The number of nitrogens with zero attached hydrogens (tertiary/aromatic N) is 2. The number of halogens is 2. The largest absolute Gasteiger partial charge is 0.487 e. The molecule has 1 N–H and O–H groups in total. The monoisotopic (exact) mass is 517 g/mol. The van der Waals surface area contributed by atoms with Crippen LogP contribution in [-0.2, 0) is 6.61 Å². The van der Waals surface area contributed by atoms with Crippen LogP contribution in [0.2, 0.25) is 0 Å². The summed E-state index contributed by atoms with van der Waals surface area (Å²) in [7, 11) is 0. The molecule has 0 saturated carbocycles. The number of ether oxygens (including phenoxy) is 1. The van der Waals surface area contributed by atoms with Crippen molar-refractivity contribution in [2.24, 2.45) is 5.10 Å². The Bertz CT molecular complexity index is 1030. The highest BCUT2D eigenvalue weighted by molar-refractivity contribution is 9.11. The minimum atomic E-state index is -0.440. The number of hydrazone groups is 1. The second-order valence-corrected chi connectivity index (χ2v) is 7.97. The van der Waals surface area contributed by atoms with Crippen molar-refractivity contribution in [3.05, 3.63) is 96.4 Å². The van der Waals surface area contributed by atoms with E-state index in [9.17, 15) is 10.1 Å². The molecule has 0 saturated heterocycles. The third-order valence-electron chi connectivity index (χ3n) is 3.97. The first kappa shape index (κ1) is 21.0. The lowest BCUT2D eigenvalue weighted by molar-refractivity contribution is -0.384. The van der Waals surface area contributed by atoms with E-state index in [1.165, 1.54) is 17.7 Å². The Hall–Kier alpha value is -2.71. The highest BCUT2D eigenvalue weighted by Crippen LogP contribution is 2.35. The molecule has 0 aliphatic carbocycles. The molecule has 0 atom stereocenters. The highest BCUT2D eigenvalue weighted by Gasteiger charge is 2.09. The third-order valence-corrected chi connectivity index (χ3v) is 5.15. The van der Waals surface area contributed by atoms with Crippen molar-refractivity contribution in [2.75, 3.05) is 5.43 Å². The van der Waals surface area contributed by atoms with Gasteiger partial charge in [0.05, 0.1) is 25.8 Å². The van der Waals surface area contributed by atoms with E-state index in [0.717, 1.165) is 20.1 Å². The maximum Gasteiger partial charge on any atom is 0.269 e. The van der Waals surface area contributed by atoms with E-state index < -0.39 is 4.92 Å². The molecule has 6 nitrogen and oxygen atoms in total. The average molecular weight is 519 g/mol. The number of nitro benzene ring substituents is 1. The molecule has 0 fully saturated rings. The van der Waals surface area contributed by atoms with Crippen LogP contribution >= 0.6 is 31.9 Å². The van der Waals surface area contributed by atoms with Crippen LogP contribution in [0.25, 0.3) is 0 Å². The summed E-state index contributed by atoms with van der Waals surface area (Å²) in [5, 5.41) is 14.9. The number of hydrogen-bond acceptors (Lipinski definition) is 5. The zero-order valence-corrected chi connectivity index (χ0v) is 18.6. The normalized spacial score (nSPS) is 10.9. The van der Waals surface area contributed by atoms with Crippen LogP contribution in [0.1, 0.15) is 16.7 Å². The Labute approximate surface area is 185 Å². The van der Waals surface area contributed by atoms with E-state index >= 15 is 0 Å². The molecule has 0 spiro atoms. The van der Waals surface area contributed by atoms with Gasteiger partial charge in [-0.05, 0) is 74.2 Å². The zero-order chi connectivity index (χ0) is 20.8. The quantitative estimate of drug-likeness (QED) is 0.221. The Morgan fingerprint density at radius 2 is 1.79 bits per heavy atom. The predicted octanol–water partition coefficient (Wildman–Crippen LogP) is 6.45. The third kappa shape index (κ3) is 5.88. The average Bonchev–Trinajstić information content (AvgIpc) is 2.68. The molecular weight excluding hydrogens is 502 g/mol. The summed E-state index contributed by atoms with van der Waals surface area (Å²) in [6.07, 6.45) is 1.65. The summed E-state index contributed by atoms with van der Waals surface area (Å²) in [6.45, 7) is 2.52. The summed E-state index contributed by atoms with van der Waals surface area (Å²) in [6, 6.07) is 18.0. The summed E-state index contributed by atoms with van der Waals surface area (Å²) in [5.41, 5.74) is 6.68. The fourth-order valence-corrected chi connectivity index (χ4v) is 4.04. The second kappa shape index (κ2) is 9.67. The van der Waals surface area contributed by atoms with Crippen molar-refractivity contribution < 1.29 is 9.66 Å². The molecule has 8 heteroatoms. The number of rotatable bonds is 7. The highest BCUT2D eigenvalue weighted by atomic mass is 79.9. The zero-order valence-electron chi connectivity index (χ0n) is 15.4. The smallest absolute Gasteiger partial charge is 0.269 e. The number of hydrogen-bond donors (Lipinski definition) is 1. The van der Waals surface area contributed by atoms with E-state index in [4.69, 9.17) is 4.74 Å². The molecule has 0 amide bonds. The van der Waals surface area contributed by atoms with Crippen LogP contribution < -0.4 is 10.2 Å². The van der Waals surface area contributed by atoms with Gasteiger partial charge in [-0.2, -0.15) is 5.10 Å². The lowest BCUT2D eigenvalue weighted by Crippen LogP contribution is -1.98. The van der Waals surface area contributed by atoms with E-state index in [0.29, 0.717) is 18.0 Å². The minimum absolute atomic E-state index is 0.0358. The Morgan fingerprint density at radius 1 is 1.10 bits per heavy atom. The number of nitrogens with one attached hydrogen (secondary N) is 1. The van der Waals surface area contributed by atoms with Crippen molar-refractivity contribution in [2.45, 2.75) is 13.5 Å². The van der Waals surface area contributed by atoms with E-state index in [1.807, 2.05) is 37.3 Å². The Balaban J connectivity index is 1.65. The Morgan fingerprint density at radius 3 is 2.41 bits per heavy atom. The number of nitro groups is 1. The van der Waals surface area contributed by atoms with Crippen LogP contribution in [0.3, 0.4) is 0 Å². The molecule has 29 heavy (non-hydrogen) atoms. The minimum Gasteiger partial charge on any atom is -0.487 e. The van der Waals surface area contributed by atoms with Crippen molar-refractivity contribution in [1.82, 2.24) is 0 Å². The van der Waals surface area contributed by atoms with Gasteiger partial charge in [0.15, 0.2) is 0 Å². The fraction of sp³-hybridized carbons (Fsp3) is 0.0952. The molecule has 3 aromatic rings. The number of benzene rings is 3. The van der Waals surface area contributed by atoms with Crippen LogP contribution in [-0.4, -0.2) is 11.1 Å². The molecule has 3 rings (SSSR count). The fourth-order valence-electron chi connectivity index (χ4n) is 2.59. The van der Waals surface area contributed by atoms with Gasteiger partial charge in [0.25, 0.3) is 5.69 Å². The molecule has 0 radical (unpaired) electrons. The van der Waals surface area contributed by atoms with Gasteiger partial charge in [-0.25, -0.2) is 0 Å². The lowest BCUT2D eigenvalue weighted by atomic mass is 10.1. The van der Waals surface area contributed by atoms with Gasteiger partial charge in [0.2, 0.25) is 0 Å². The first-order valence-electron chi connectivity index (χ1n) is 8.63. The van der Waals surface area contributed by atoms with Crippen LogP contribution in [0.4, 0.5) is 11.4 Å². The van der Waals surface area contributed by atoms with E-state index in [-0.39, 0.29) is 5.69 Å². The van der Waals surface area contributed by atoms with Gasteiger partial charge in [-0.3, -0.25) is 15.5 Å². The maximum atomic E-state index is 10.7. The molecule has 0 aromatic heterocycles. The maximum absolute atomic E-state index is 10.7. The number of non-ortho nitro benzene ring substituents is 1. The van der Waals surface area contributed by atoms with Crippen molar-refractivity contribution in [3.63, 3.8) is 0 Å². The summed E-state index contributed by atoms with van der Waals surface area (Å²) in [5.74, 6) is 0.715. The molecule has 0 unspecified atom stereocenters. The van der Waals surface area contributed by atoms with Crippen molar-refractivity contribution >= 4 is 49.4 Å². The van der Waals surface area contributed by atoms with Crippen molar-refractivity contribution in [1.29, 1.82) is 0 Å². The summed E-state index contributed by atoms with van der Waals surface area (Å²) >= 11 is 7.09. The van der Waals surface area contributed by atoms with E-state index in [2.05, 4.69) is 48.5 Å². The molecule has 0 aliphatic heterocycles. The van der Waals surface area contributed by atoms with Gasteiger partial charge in [-0.15, -0.1) is 0 Å². The molecule has 0 bridgehead atoms. The molecule has 0 aliphatic rings. The van der Waals surface area contributed by atoms with Gasteiger partial charge >= 0.3 is 0 Å². The van der Waals surface area contributed by atoms with Gasteiger partial charge < -0.3 is 4.74 Å². The summed E-state index contributed by atoms with van der Waals surface area (Å²) in [4.78, 5) is 10.2. The van der Waals surface area contributed by atoms with Crippen LogP contribution in [0.5, 0.6) is 5.75 Å². The molecular formula is C21H17Br2N3O3. The molecule has 148 valence electrons. The topological polar surface area (TPSA) is 76.8 Å². The SMILES string of the molecule is Cc1cccc(COc2c(Br)cc(/C=N/Nc3ccc([N+](=O)[O-])cc3)cc2Br)c1. The first-order valence-corrected chi connectivity index (χ1v) is 10.2. The van der Waals surface area contributed by atoms with Gasteiger partial charge in [0.1, 0.15) is 12.4 Å². The van der Waals surface area contributed by atoms with Crippen LogP contribution in [0, 0.1) is 17.0 Å².